The number of nitrogens with one attached hydrogen (secondary N) is 1. The van der Waals surface area contributed by atoms with Crippen molar-refractivity contribution in [2.45, 2.75) is 25.3 Å². The minimum Gasteiger partial charge on any atom is -0.497 e. The van der Waals surface area contributed by atoms with E-state index in [9.17, 15) is 4.79 Å². The highest BCUT2D eigenvalue weighted by molar-refractivity contribution is 5.86. The summed E-state index contributed by atoms with van der Waals surface area (Å²) in [6.07, 6.45) is 3.30. The standard InChI is InChI=1S/C28H28N2O3/c1-32-22-13-21(14-23(15-22)33-2)25(26-17-29-27-10-6-5-9-24(26)27)16-28(31)30-12-11-19-7-3-4-8-20(19)18-30/h3-10,13-15,17,25,29H,11-12,16,18H2,1-2H3. The summed E-state index contributed by atoms with van der Waals surface area (Å²) in [5, 5.41) is 1.13. The van der Waals surface area contributed by atoms with E-state index in [1.165, 1.54) is 11.1 Å². The topological polar surface area (TPSA) is 54.6 Å². The average Bonchev–Trinajstić information content (AvgIpc) is 3.30. The Labute approximate surface area is 193 Å². The van der Waals surface area contributed by atoms with Crippen molar-refractivity contribution in [2.75, 3.05) is 20.8 Å². The van der Waals surface area contributed by atoms with Gasteiger partial charge in [-0.2, -0.15) is 0 Å². The summed E-state index contributed by atoms with van der Waals surface area (Å²) >= 11 is 0. The SMILES string of the molecule is COc1cc(OC)cc(C(CC(=O)N2CCc3ccccc3C2)c2c[nH]c3ccccc23)c1. The van der Waals surface area contributed by atoms with Gasteiger partial charge in [-0.25, -0.2) is 0 Å². The molecule has 5 heteroatoms. The van der Waals surface area contributed by atoms with Crippen LogP contribution < -0.4 is 9.47 Å². The molecule has 0 fully saturated rings. The van der Waals surface area contributed by atoms with E-state index in [1.807, 2.05) is 47.5 Å². The number of amides is 1. The maximum absolute atomic E-state index is 13.6. The van der Waals surface area contributed by atoms with Crippen LogP contribution in [0.25, 0.3) is 10.9 Å². The number of para-hydroxylation sites is 1. The summed E-state index contributed by atoms with van der Waals surface area (Å²) in [7, 11) is 3.30. The fourth-order valence-corrected chi connectivity index (χ4v) is 4.83. The highest BCUT2D eigenvalue weighted by atomic mass is 16.5. The van der Waals surface area contributed by atoms with Crippen molar-refractivity contribution in [1.82, 2.24) is 9.88 Å². The number of aromatic nitrogens is 1. The number of hydrogen-bond donors (Lipinski definition) is 1. The van der Waals surface area contributed by atoms with Gasteiger partial charge in [-0.1, -0.05) is 42.5 Å². The first-order valence-electron chi connectivity index (χ1n) is 11.3. The lowest BCUT2D eigenvalue weighted by Gasteiger charge is -2.30. The molecule has 1 unspecified atom stereocenters. The zero-order valence-corrected chi connectivity index (χ0v) is 19.0. The predicted octanol–water partition coefficient (Wildman–Crippen LogP) is 5.29. The lowest BCUT2D eigenvalue weighted by Crippen LogP contribution is -2.36. The average molecular weight is 441 g/mol. The molecule has 1 aromatic heterocycles. The Morgan fingerprint density at radius 3 is 2.42 bits per heavy atom. The summed E-state index contributed by atoms with van der Waals surface area (Å²) in [6.45, 7) is 1.41. The van der Waals surface area contributed by atoms with Gasteiger partial charge in [0.25, 0.3) is 0 Å². The molecule has 0 spiro atoms. The molecular formula is C28H28N2O3. The molecule has 4 aromatic rings. The Morgan fingerprint density at radius 1 is 0.970 bits per heavy atom. The van der Waals surface area contributed by atoms with Crippen LogP contribution in [-0.4, -0.2) is 36.6 Å². The van der Waals surface area contributed by atoms with E-state index in [0.29, 0.717) is 24.5 Å². The number of hydrogen-bond acceptors (Lipinski definition) is 3. The summed E-state index contributed by atoms with van der Waals surface area (Å²) in [5.74, 6) is 1.46. The third-order valence-electron chi connectivity index (χ3n) is 6.63. The van der Waals surface area contributed by atoms with E-state index in [1.54, 1.807) is 14.2 Å². The van der Waals surface area contributed by atoms with Crippen molar-refractivity contribution in [3.8, 4) is 11.5 Å². The number of nitrogens with zero attached hydrogens (tertiary/aromatic N) is 1. The predicted molar refractivity (Wildman–Crippen MR) is 130 cm³/mol. The fourth-order valence-electron chi connectivity index (χ4n) is 4.83. The molecule has 1 aliphatic heterocycles. The molecule has 5 nitrogen and oxygen atoms in total. The molecule has 1 N–H and O–H groups in total. The molecule has 2 heterocycles. The quantitative estimate of drug-likeness (QED) is 0.443. The molecule has 0 radical (unpaired) electrons. The molecule has 5 rings (SSSR count). The highest BCUT2D eigenvalue weighted by Crippen LogP contribution is 2.37. The van der Waals surface area contributed by atoms with Gasteiger partial charge in [-0.15, -0.1) is 0 Å². The number of carbonyl (C=O) groups is 1. The Bertz CT molecular complexity index is 1270. The van der Waals surface area contributed by atoms with E-state index >= 15 is 0 Å². The van der Waals surface area contributed by atoms with Crippen molar-refractivity contribution in [3.63, 3.8) is 0 Å². The van der Waals surface area contributed by atoms with Crippen LogP contribution in [0, 0.1) is 0 Å². The molecular weight excluding hydrogens is 412 g/mol. The van der Waals surface area contributed by atoms with E-state index in [4.69, 9.17) is 9.47 Å². The molecule has 0 saturated carbocycles. The zero-order valence-electron chi connectivity index (χ0n) is 19.0. The molecule has 0 saturated heterocycles. The second-order valence-corrected chi connectivity index (χ2v) is 8.53. The van der Waals surface area contributed by atoms with Gasteiger partial charge >= 0.3 is 0 Å². The number of ether oxygens (including phenoxy) is 2. The highest BCUT2D eigenvalue weighted by Gasteiger charge is 2.27. The summed E-state index contributed by atoms with van der Waals surface area (Å²) < 4.78 is 11.1. The van der Waals surface area contributed by atoms with Gasteiger partial charge in [0.2, 0.25) is 5.91 Å². The number of carbonyl (C=O) groups excluding carboxylic acids is 1. The van der Waals surface area contributed by atoms with Gasteiger partial charge in [-0.05, 0) is 46.9 Å². The van der Waals surface area contributed by atoms with Crippen molar-refractivity contribution in [3.05, 3.63) is 95.2 Å². The first-order chi connectivity index (χ1) is 16.2. The number of benzene rings is 3. The van der Waals surface area contributed by atoms with Gasteiger partial charge in [0.1, 0.15) is 11.5 Å². The summed E-state index contributed by atoms with van der Waals surface area (Å²) in [6, 6.07) is 22.5. The van der Waals surface area contributed by atoms with E-state index in [-0.39, 0.29) is 11.8 Å². The van der Waals surface area contributed by atoms with Gasteiger partial charge < -0.3 is 19.4 Å². The Balaban J connectivity index is 1.52. The van der Waals surface area contributed by atoms with Gasteiger partial charge in [0.15, 0.2) is 0 Å². The van der Waals surface area contributed by atoms with Crippen LogP contribution in [0.1, 0.15) is 34.6 Å². The fraction of sp³-hybridized carbons (Fsp3) is 0.250. The van der Waals surface area contributed by atoms with Crippen molar-refractivity contribution in [2.24, 2.45) is 0 Å². The zero-order chi connectivity index (χ0) is 22.8. The van der Waals surface area contributed by atoms with Crippen LogP contribution in [0.4, 0.5) is 0 Å². The van der Waals surface area contributed by atoms with E-state index in [0.717, 1.165) is 35.0 Å². The third-order valence-corrected chi connectivity index (χ3v) is 6.63. The lowest BCUT2D eigenvalue weighted by atomic mass is 9.87. The van der Waals surface area contributed by atoms with Crippen molar-refractivity contribution in [1.29, 1.82) is 0 Å². The number of aromatic amines is 1. The van der Waals surface area contributed by atoms with Crippen LogP contribution in [0.3, 0.4) is 0 Å². The molecule has 1 aliphatic rings. The van der Waals surface area contributed by atoms with Crippen LogP contribution >= 0.6 is 0 Å². The largest absolute Gasteiger partial charge is 0.497 e. The first kappa shape index (κ1) is 21.1. The van der Waals surface area contributed by atoms with Crippen LogP contribution in [0.2, 0.25) is 0 Å². The Kier molecular flexibility index (Phi) is 5.78. The second-order valence-electron chi connectivity index (χ2n) is 8.53. The Hall–Kier alpha value is -3.73. The smallest absolute Gasteiger partial charge is 0.223 e. The number of rotatable bonds is 6. The lowest BCUT2D eigenvalue weighted by molar-refractivity contribution is -0.132. The molecule has 0 bridgehead atoms. The number of H-pyrrole nitrogens is 1. The maximum Gasteiger partial charge on any atom is 0.223 e. The first-order valence-corrected chi connectivity index (χ1v) is 11.3. The summed E-state index contributed by atoms with van der Waals surface area (Å²) in [4.78, 5) is 18.9. The van der Waals surface area contributed by atoms with Crippen LogP contribution in [0.15, 0.2) is 72.9 Å². The minimum absolute atomic E-state index is 0.130. The minimum atomic E-state index is -0.130. The third kappa shape index (κ3) is 4.19. The molecule has 33 heavy (non-hydrogen) atoms. The molecule has 168 valence electrons. The van der Waals surface area contributed by atoms with Crippen molar-refractivity contribution >= 4 is 16.8 Å². The second kappa shape index (κ2) is 9.02. The van der Waals surface area contributed by atoms with Gasteiger partial charge in [0.05, 0.1) is 14.2 Å². The normalized spacial score (nSPS) is 14.1. The molecule has 0 aliphatic carbocycles. The van der Waals surface area contributed by atoms with E-state index in [2.05, 4.69) is 35.3 Å². The molecule has 1 amide bonds. The summed E-state index contributed by atoms with van der Waals surface area (Å²) in [5.41, 5.74) is 5.75. The van der Waals surface area contributed by atoms with Gasteiger partial charge in [-0.3, -0.25) is 4.79 Å². The maximum atomic E-state index is 13.6. The van der Waals surface area contributed by atoms with E-state index < -0.39 is 0 Å². The number of fused-ring (bicyclic) bond motifs is 2. The number of methoxy groups -OCH3 is 2. The molecule has 1 atom stereocenters. The van der Waals surface area contributed by atoms with Crippen LogP contribution in [0.5, 0.6) is 11.5 Å². The van der Waals surface area contributed by atoms with Gasteiger partial charge in [0, 0.05) is 48.6 Å². The van der Waals surface area contributed by atoms with Crippen LogP contribution in [-0.2, 0) is 17.8 Å². The molecule has 3 aromatic carbocycles. The monoisotopic (exact) mass is 440 g/mol. The Morgan fingerprint density at radius 2 is 1.67 bits per heavy atom. The van der Waals surface area contributed by atoms with Crippen molar-refractivity contribution < 1.29 is 14.3 Å².